The van der Waals surface area contributed by atoms with E-state index < -0.39 is 34.9 Å². The highest BCUT2D eigenvalue weighted by Crippen LogP contribution is 2.43. The van der Waals surface area contributed by atoms with Crippen LogP contribution in [0.25, 0.3) is 0 Å². The van der Waals surface area contributed by atoms with E-state index in [1.54, 1.807) is 0 Å². The van der Waals surface area contributed by atoms with Crippen LogP contribution in [-0.4, -0.2) is 31.1 Å². The van der Waals surface area contributed by atoms with Crippen molar-refractivity contribution in [3.63, 3.8) is 0 Å². The van der Waals surface area contributed by atoms with Crippen molar-refractivity contribution < 1.29 is 26.3 Å². The van der Waals surface area contributed by atoms with Gasteiger partial charge in [-0.3, -0.25) is 4.90 Å². The standard InChI is InChI=1S/C17H22F6N2.ClH/c1-15(2,3)14(25-6-4-24-5-7-25)11-8-12(16(18,19)20)10-13(9-11)17(21,22)23;/h8-10,14,24H,4-7H2,1-3H3;1H/t14-;/m0./s1. The van der Waals surface area contributed by atoms with Gasteiger partial charge in [-0.1, -0.05) is 20.8 Å². The van der Waals surface area contributed by atoms with Crippen molar-refractivity contribution in [1.82, 2.24) is 10.2 Å². The molecule has 0 radical (unpaired) electrons. The van der Waals surface area contributed by atoms with E-state index in [1.807, 2.05) is 25.7 Å². The monoisotopic (exact) mass is 404 g/mol. The Labute approximate surface area is 155 Å². The molecule has 1 heterocycles. The zero-order valence-electron chi connectivity index (χ0n) is 14.8. The van der Waals surface area contributed by atoms with Crippen LogP contribution in [0.4, 0.5) is 26.3 Å². The number of rotatable bonds is 2. The third-order valence-corrected chi connectivity index (χ3v) is 4.26. The maximum atomic E-state index is 13.1. The second-order valence-corrected chi connectivity index (χ2v) is 7.39. The molecule has 0 amide bonds. The van der Waals surface area contributed by atoms with Gasteiger partial charge in [0.25, 0.3) is 0 Å². The fourth-order valence-electron chi connectivity index (χ4n) is 3.34. The van der Waals surface area contributed by atoms with E-state index in [1.165, 1.54) is 0 Å². The van der Waals surface area contributed by atoms with E-state index in [-0.39, 0.29) is 24.0 Å². The first kappa shape index (κ1) is 23.0. The quantitative estimate of drug-likeness (QED) is 0.687. The van der Waals surface area contributed by atoms with Crippen molar-refractivity contribution in [3.05, 3.63) is 34.9 Å². The van der Waals surface area contributed by atoms with Crippen LogP contribution in [0.1, 0.15) is 43.5 Å². The molecule has 0 unspecified atom stereocenters. The topological polar surface area (TPSA) is 15.3 Å². The van der Waals surface area contributed by atoms with Crippen LogP contribution < -0.4 is 5.32 Å². The molecule has 0 spiro atoms. The van der Waals surface area contributed by atoms with Crippen LogP contribution in [0.2, 0.25) is 0 Å². The molecule has 1 fully saturated rings. The average molecular weight is 405 g/mol. The molecule has 1 aromatic rings. The zero-order chi connectivity index (χ0) is 19.0. The normalized spacial score (nSPS) is 18.3. The first-order valence-corrected chi connectivity index (χ1v) is 8.04. The summed E-state index contributed by atoms with van der Waals surface area (Å²) in [5.41, 5.74) is -3.00. The van der Waals surface area contributed by atoms with Gasteiger partial charge < -0.3 is 5.32 Å². The predicted octanol–water partition coefficient (Wildman–Crippen LogP) is 5.14. The van der Waals surface area contributed by atoms with Crippen molar-refractivity contribution in [2.45, 2.75) is 39.2 Å². The summed E-state index contributed by atoms with van der Waals surface area (Å²) >= 11 is 0. The van der Waals surface area contributed by atoms with Crippen molar-refractivity contribution in [2.75, 3.05) is 26.2 Å². The fraction of sp³-hybridized carbons (Fsp3) is 0.647. The van der Waals surface area contributed by atoms with Gasteiger partial charge in [-0.15, -0.1) is 12.4 Å². The smallest absolute Gasteiger partial charge is 0.314 e. The van der Waals surface area contributed by atoms with Crippen LogP contribution in [-0.2, 0) is 12.4 Å². The van der Waals surface area contributed by atoms with Crippen LogP contribution in [0, 0.1) is 5.41 Å². The number of alkyl halides is 6. The highest BCUT2D eigenvalue weighted by molar-refractivity contribution is 5.85. The molecule has 0 saturated carbocycles. The van der Waals surface area contributed by atoms with Gasteiger partial charge >= 0.3 is 12.4 Å². The minimum absolute atomic E-state index is 0. The first-order valence-electron chi connectivity index (χ1n) is 8.04. The molecule has 0 aromatic heterocycles. The van der Waals surface area contributed by atoms with Gasteiger partial charge in [-0.2, -0.15) is 26.3 Å². The van der Waals surface area contributed by atoms with E-state index in [4.69, 9.17) is 0 Å². The largest absolute Gasteiger partial charge is 0.416 e. The third-order valence-electron chi connectivity index (χ3n) is 4.26. The maximum Gasteiger partial charge on any atom is 0.416 e. The first-order chi connectivity index (χ1) is 11.3. The molecule has 1 saturated heterocycles. The Morgan fingerprint density at radius 1 is 0.846 bits per heavy atom. The van der Waals surface area contributed by atoms with Crippen molar-refractivity contribution in [1.29, 1.82) is 0 Å². The number of halogens is 7. The molecule has 0 aliphatic carbocycles. The summed E-state index contributed by atoms with van der Waals surface area (Å²) in [6.45, 7) is 7.92. The van der Waals surface area contributed by atoms with Gasteiger partial charge in [0.1, 0.15) is 0 Å². The van der Waals surface area contributed by atoms with Crippen LogP contribution in [0.3, 0.4) is 0 Å². The lowest BCUT2D eigenvalue weighted by molar-refractivity contribution is -0.143. The predicted molar refractivity (Wildman–Crippen MR) is 90.3 cm³/mol. The highest BCUT2D eigenvalue weighted by Gasteiger charge is 2.40. The lowest BCUT2D eigenvalue weighted by Crippen LogP contribution is -2.48. The van der Waals surface area contributed by atoms with Crippen molar-refractivity contribution >= 4 is 12.4 Å². The molecule has 150 valence electrons. The number of hydrogen-bond donors (Lipinski definition) is 1. The molecule has 2 rings (SSSR count). The van der Waals surface area contributed by atoms with Gasteiger partial charge in [-0.25, -0.2) is 0 Å². The number of nitrogens with zero attached hydrogens (tertiary/aromatic N) is 1. The molecule has 1 atom stereocenters. The molecular weight excluding hydrogens is 382 g/mol. The molecule has 1 aliphatic rings. The molecule has 26 heavy (non-hydrogen) atoms. The van der Waals surface area contributed by atoms with Crippen LogP contribution in [0.5, 0.6) is 0 Å². The molecule has 0 bridgehead atoms. The molecule has 1 aliphatic heterocycles. The van der Waals surface area contributed by atoms with Gasteiger partial charge in [0.2, 0.25) is 0 Å². The van der Waals surface area contributed by atoms with Gasteiger partial charge in [0.15, 0.2) is 0 Å². The van der Waals surface area contributed by atoms with Gasteiger partial charge in [-0.05, 0) is 29.2 Å². The molecule has 1 aromatic carbocycles. The number of benzene rings is 1. The average Bonchev–Trinajstić information content (AvgIpc) is 2.45. The Bertz CT molecular complexity index is 568. The SMILES string of the molecule is CC(C)(C)[C@H](c1cc(C(F)(F)F)cc(C(F)(F)F)c1)N1CCNCC1.Cl. The van der Waals surface area contributed by atoms with E-state index in [2.05, 4.69) is 5.32 Å². The maximum absolute atomic E-state index is 13.1. The third kappa shape index (κ3) is 5.50. The summed E-state index contributed by atoms with van der Waals surface area (Å²) in [7, 11) is 0. The Morgan fingerprint density at radius 2 is 1.27 bits per heavy atom. The van der Waals surface area contributed by atoms with Gasteiger partial charge in [0.05, 0.1) is 11.1 Å². The Balaban J connectivity index is 0.00000338. The van der Waals surface area contributed by atoms with E-state index in [0.29, 0.717) is 26.2 Å². The van der Waals surface area contributed by atoms with E-state index in [0.717, 1.165) is 12.1 Å². The van der Waals surface area contributed by atoms with E-state index >= 15 is 0 Å². The molecule has 2 nitrogen and oxygen atoms in total. The Kier molecular flexibility index (Phi) is 7.04. The molecule has 9 heteroatoms. The summed E-state index contributed by atoms with van der Waals surface area (Å²) < 4.78 is 78.9. The second-order valence-electron chi connectivity index (χ2n) is 7.39. The van der Waals surface area contributed by atoms with Gasteiger partial charge in [0, 0.05) is 32.2 Å². The summed E-state index contributed by atoms with van der Waals surface area (Å²) in [6, 6.07) is 1.35. The van der Waals surface area contributed by atoms with Crippen molar-refractivity contribution in [2.24, 2.45) is 5.41 Å². The summed E-state index contributed by atoms with van der Waals surface area (Å²) in [4.78, 5) is 1.95. The summed E-state index contributed by atoms with van der Waals surface area (Å²) in [6.07, 6.45) is -9.66. The van der Waals surface area contributed by atoms with Crippen molar-refractivity contribution in [3.8, 4) is 0 Å². The lowest BCUT2D eigenvalue weighted by atomic mass is 9.80. The Hall–Kier alpha value is -0.990. The summed E-state index contributed by atoms with van der Waals surface area (Å²) in [5, 5.41) is 3.14. The van der Waals surface area contributed by atoms with Crippen LogP contribution >= 0.6 is 12.4 Å². The minimum atomic E-state index is -4.83. The van der Waals surface area contributed by atoms with E-state index in [9.17, 15) is 26.3 Å². The van der Waals surface area contributed by atoms with Crippen LogP contribution in [0.15, 0.2) is 18.2 Å². The fourth-order valence-corrected chi connectivity index (χ4v) is 3.34. The zero-order valence-corrected chi connectivity index (χ0v) is 15.6. The molecule has 1 N–H and O–H groups in total. The lowest BCUT2D eigenvalue weighted by Gasteiger charge is -2.43. The second kappa shape index (κ2) is 7.94. The Morgan fingerprint density at radius 3 is 1.62 bits per heavy atom. The highest BCUT2D eigenvalue weighted by atomic mass is 35.5. The molecular formula is C17H23ClF6N2. The summed E-state index contributed by atoms with van der Waals surface area (Å²) in [5.74, 6) is 0. The minimum Gasteiger partial charge on any atom is -0.314 e. The number of piperazine rings is 1. The number of nitrogens with one attached hydrogen (secondary N) is 1. The number of hydrogen-bond acceptors (Lipinski definition) is 2.